The maximum Gasteiger partial charge on any atom is 0.223 e. The maximum atomic E-state index is 11.8. The van der Waals surface area contributed by atoms with Crippen LogP contribution in [0.4, 0.5) is 0 Å². The second-order valence-electron chi connectivity index (χ2n) is 5.34. The van der Waals surface area contributed by atoms with Crippen LogP contribution in [0.2, 0.25) is 0 Å². The summed E-state index contributed by atoms with van der Waals surface area (Å²) in [5, 5.41) is 11.9. The minimum absolute atomic E-state index is 0.119. The van der Waals surface area contributed by atoms with Crippen molar-refractivity contribution in [1.82, 2.24) is 5.32 Å². The van der Waals surface area contributed by atoms with Gasteiger partial charge < -0.3 is 16.2 Å². The Bertz CT molecular complexity index is 233. The molecule has 4 heteroatoms. The van der Waals surface area contributed by atoms with Crippen molar-refractivity contribution >= 4 is 5.91 Å². The first kappa shape index (κ1) is 14.5. The summed E-state index contributed by atoms with van der Waals surface area (Å²) in [6.45, 7) is 2.96. The molecule has 1 rings (SSSR count). The molecule has 3 unspecified atom stereocenters. The second kappa shape index (κ2) is 7.67. The van der Waals surface area contributed by atoms with Gasteiger partial charge in [0.05, 0.1) is 0 Å². The number of nitrogens with two attached hydrogens (primary N) is 1. The van der Waals surface area contributed by atoms with Crippen LogP contribution in [0.15, 0.2) is 0 Å². The van der Waals surface area contributed by atoms with Gasteiger partial charge >= 0.3 is 0 Å². The molecule has 0 aromatic rings. The van der Waals surface area contributed by atoms with E-state index in [1.165, 1.54) is 0 Å². The number of hydrogen-bond donors (Lipinski definition) is 3. The van der Waals surface area contributed by atoms with Crippen LogP contribution in [-0.4, -0.2) is 30.2 Å². The summed E-state index contributed by atoms with van der Waals surface area (Å²) < 4.78 is 0. The minimum Gasteiger partial charge on any atom is -0.396 e. The lowest BCUT2D eigenvalue weighted by molar-refractivity contribution is -0.126. The number of nitrogens with one attached hydrogen (secondary N) is 1. The molecule has 100 valence electrons. The van der Waals surface area contributed by atoms with Crippen molar-refractivity contribution in [3.8, 4) is 0 Å². The van der Waals surface area contributed by atoms with Crippen molar-refractivity contribution in [1.29, 1.82) is 0 Å². The lowest BCUT2D eigenvalue weighted by Gasteiger charge is -2.25. The molecule has 0 aromatic carbocycles. The Hall–Kier alpha value is -0.610. The van der Waals surface area contributed by atoms with Gasteiger partial charge in [0.25, 0.3) is 0 Å². The Balaban J connectivity index is 2.12. The van der Waals surface area contributed by atoms with E-state index in [1.807, 2.05) is 6.92 Å². The van der Waals surface area contributed by atoms with E-state index in [1.54, 1.807) is 0 Å². The molecule has 17 heavy (non-hydrogen) atoms. The SMILES string of the molecule is CC(CO)CCCNC(=O)C1CCCC(N)C1. The summed E-state index contributed by atoms with van der Waals surface area (Å²) in [5.74, 6) is 0.612. The zero-order valence-electron chi connectivity index (χ0n) is 10.8. The van der Waals surface area contributed by atoms with Crippen molar-refractivity contribution in [3.05, 3.63) is 0 Å². The average Bonchev–Trinajstić information content (AvgIpc) is 2.34. The van der Waals surface area contributed by atoms with Crippen LogP contribution in [0.25, 0.3) is 0 Å². The number of amides is 1. The van der Waals surface area contributed by atoms with Crippen molar-refractivity contribution in [2.45, 2.75) is 51.5 Å². The summed E-state index contributed by atoms with van der Waals surface area (Å²) in [6.07, 6.45) is 5.83. The highest BCUT2D eigenvalue weighted by Gasteiger charge is 2.24. The summed E-state index contributed by atoms with van der Waals surface area (Å²) in [4.78, 5) is 11.8. The van der Waals surface area contributed by atoms with Gasteiger partial charge in [0.2, 0.25) is 5.91 Å². The molecule has 1 aliphatic carbocycles. The molecule has 4 N–H and O–H groups in total. The van der Waals surface area contributed by atoms with E-state index in [0.717, 1.165) is 45.1 Å². The Kier molecular flexibility index (Phi) is 6.52. The zero-order chi connectivity index (χ0) is 12.7. The van der Waals surface area contributed by atoms with Crippen LogP contribution in [0.5, 0.6) is 0 Å². The van der Waals surface area contributed by atoms with Gasteiger partial charge in [-0.1, -0.05) is 13.3 Å². The number of carbonyl (C=O) groups is 1. The van der Waals surface area contributed by atoms with Crippen LogP contribution in [0, 0.1) is 11.8 Å². The molecule has 1 saturated carbocycles. The largest absolute Gasteiger partial charge is 0.396 e. The molecule has 0 spiro atoms. The average molecular weight is 242 g/mol. The Morgan fingerprint density at radius 3 is 2.94 bits per heavy atom. The summed E-state index contributed by atoms with van der Waals surface area (Å²) in [5.41, 5.74) is 5.87. The third-order valence-electron chi connectivity index (χ3n) is 3.57. The van der Waals surface area contributed by atoms with Crippen LogP contribution in [-0.2, 0) is 4.79 Å². The smallest absolute Gasteiger partial charge is 0.223 e. The van der Waals surface area contributed by atoms with Gasteiger partial charge in [0.1, 0.15) is 0 Å². The number of rotatable bonds is 6. The molecule has 4 nitrogen and oxygen atoms in total. The molecule has 3 atom stereocenters. The molecule has 1 aliphatic rings. The first-order chi connectivity index (χ1) is 8.13. The van der Waals surface area contributed by atoms with Gasteiger partial charge in [-0.2, -0.15) is 0 Å². The topological polar surface area (TPSA) is 75.3 Å². The number of carbonyl (C=O) groups excluding carboxylic acids is 1. The number of hydrogen-bond acceptors (Lipinski definition) is 3. The van der Waals surface area contributed by atoms with Crippen molar-refractivity contribution < 1.29 is 9.90 Å². The molecule has 0 bridgehead atoms. The fraction of sp³-hybridized carbons (Fsp3) is 0.923. The van der Waals surface area contributed by atoms with Crippen molar-refractivity contribution in [2.75, 3.05) is 13.2 Å². The standard InChI is InChI=1S/C13H26N2O2/c1-10(9-16)4-3-7-15-13(17)11-5-2-6-12(14)8-11/h10-12,16H,2-9,14H2,1H3,(H,15,17). The fourth-order valence-electron chi connectivity index (χ4n) is 2.36. The van der Waals surface area contributed by atoms with E-state index in [0.29, 0.717) is 5.92 Å². The fourth-order valence-corrected chi connectivity index (χ4v) is 2.36. The monoisotopic (exact) mass is 242 g/mol. The predicted molar refractivity (Wildman–Crippen MR) is 68.4 cm³/mol. The van der Waals surface area contributed by atoms with E-state index in [-0.39, 0.29) is 24.5 Å². The van der Waals surface area contributed by atoms with E-state index < -0.39 is 0 Å². The molecule has 0 saturated heterocycles. The molecular formula is C13H26N2O2. The van der Waals surface area contributed by atoms with Gasteiger partial charge in [-0.05, 0) is 38.0 Å². The summed E-state index contributed by atoms with van der Waals surface area (Å²) in [7, 11) is 0. The molecule has 1 fully saturated rings. The maximum absolute atomic E-state index is 11.8. The highest BCUT2D eigenvalue weighted by atomic mass is 16.3. The zero-order valence-corrected chi connectivity index (χ0v) is 10.8. The quantitative estimate of drug-likeness (QED) is 0.609. The highest BCUT2D eigenvalue weighted by Crippen LogP contribution is 2.23. The Morgan fingerprint density at radius 1 is 1.53 bits per heavy atom. The normalized spacial score (nSPS) is 26.5. The Morgan fingerprint density at radius 2 is 2.29 bits per heavy atom. The van der Waals surface area contributed by atoms with Gasteiger partial charge in [-0.25, -0.2) is 0 Å². The minimum atomic E-state index is 0.119. The van der Waals surface area contributed by atoms with Crippen LogP contribution in [0.3, 0.4) is 0 Å². The van der Waals surface area contributed by atoms with E-state index in [2.05, 4.69) is 5.32 Å². The van der Waals surface area contributed by atoms with Crippen molar-refractivity contribution in [2.24, 2.45) is 17.6 Å². The van der Waals surface area contributed by atoms with E-state index >= 15 is 0 Å². The highest BCUT2D eigenvalue weighted by molar-refractivity contribution is 5.78. The van der Waals surface area contributed by atoms with Crippen LogP contribution >= 0.6 is 0 Å². The van der Waals surface area contributed by atoms with Crippen LogP contribution < -0.4 is 11.1 Å². The predicted octanol–water partition coefficient (Wildman–Crippen LogP) is 1.03. The lowest BCUT2D eigenvalue weighted by atomic mass is 9.85. The molecule has 0 radical (unpaired) electrons. The van der Waals surface area contributed by atoms with Crippen molar-refractivity contribution in [3.63, 3.8) is 0 Å². The lowest BCUT2D eigenvalue weighted by Crippen LogP contribution is -2.38. The van der Waals surface area contributed by atoms with Gasteiger partial charge in [0, 0.05) is 25.1 Å². The second-order valence-corrected chi connectivity index (χ2v) is 5.34. The number of aliphatic hydroxyl groups excluding tert-OH is 1. The summed E-state index contributed by atoms with van der Waals surface area (Å²) in [6, 6.07) is 0.203. The molecular weight excluding hydrogens is 216 g/mol. The van der Waals surface area contributed by atoms with Gasteiger partial charge in [0.15, 0.2) is 0 Å². The molecule has 0 aromatic heterocycles. The first-order valence-corrected chi connectivity index (χ1v) is 6.77. The summed E-state index contributed by atoms with van der Waals surface area (Å²) >= 11 is 0. The van der Waals surface area contributed by atoms with E-state index in [9.17, 15) is 4.79 Å². The van der Waals surface area contributed by atoms with E-state index in [4.69, 9.17) is 10.8 Å². The Labute approximate surface area is 104 Å². The first-order valence-electron chi connectivity index (χ1n) is 6.77. The third-order valence-corrected chi connectivity index (χ3v) is 3.57. The van der Waals surface area contributed by atoms with Gasteiger partial charge in [-0.15, -0.1) is 0 Å². The molecule has 0 aliphatic heterocycles. The molecule has 1 amide bonds. The number of aliphatic hydroxyl groups is 1. The van der Waals surface area contributed by atoms with Crippen LogP contribution in [0.1, 0.15) is 45.4 Å². The van der Waals surface area contributed by atoms with Gasteiger partial charge in [-0.3, -0.25) is 4.79 Å². The molecule has 0 heterocycles. The third kappa shape index (κ3) is 5.50.